The van der Waals surface area contributed by atoms with E-state index in [1.165, 1.54) is 0 Å². The van der Waals surface area contributed by atoms with Crippen molar-refractivity contribution < 1.29 is 24.2 Å². The molecule has 7 heteroatoms. The second-order valence-corrected chi connectivity index (χ2v) is 5.20. The van der Waals surface area contributed by atoms with Crippen LogP contribution in [0.2, 0.25) is 0 Å². The van der Waals surface area contributed by atoms with Gasteiger partial charge in [0.15, 0.2) is 0 Å². The fourth-order valence-corrected chi connectivity index (χ4v) is 2.12. The first-order valence-electron chi connectivity index (χ1n) is 7.06. The molecule has 0 aromatic heterocycles. The molecule has 1 aromatic rings. The molecular weight excluding hydrogens is 288 g/mol. The van der Waals surface area contributed by atoms with Gasteiger partial charge >= 0.3 is 11.8 Å². The van der Waals surface area contributed by atoms with Crippen LogP contribution in [-0.2, 0) is 14.3 Å². The maximum Gasteiger partial charge on any atom is 0.313 e. The van der Waals surface area contributed by atoms with E-state index in [0.29, 0.717) is 37.5 Å². The largest absolute Gasteiger partial charge is 0.497 e. The number of ether oxygens (including phenoxy) is 2. The SMILES string of the molecule is COc1ccc(NC(=O)C(=O)NCC2(O)CCOCC2)cc1. The fourth-order valence-electron chi connectivity index (χ4n) is 2.12. The number of nitrogens with one attached hydrogen (secondary N) is 2. The van der Waals surface area contributed by atoms with E-state index in [1.54, 1.807) is 31.4 Å². The Hall–Kier alpha value is -2.12. The van der Waals surface area contributed by atoms with Gasteiger partial charge in [-0.15, -0.1) is 0 Å². The van der Waals surface area contributed by atoms with Crippen molar-refractivity contribution in [1.82, 2.24) is 5.32 Å². The lowest BCUT2D eigenvalue weighted by Crippen LogP contribution is -2.48. The molecule has 1 aromatic carbocycles. The average Bonchev–Trinajstić information content (AvgIpc) is 2.54. The van der Waals surface area contributed by atoms with E-state index in [2.05, 4.69) is 10.6 Å². The quantitative estimate of drug-likeness (QED) is 0.695. The molecule has 2 rings (SSSR count). The molecule has 0 unspecified atom stereocenters. The Labute approximate surface area is 128 Å². The van der Waals surface area contributed by atoms with Gasteiger partial charge in [0.1, 0.15) is 5.75 Å². The normalized spacial score (nSPS) is 16.6. The summed E-state index contributed by atoms with van der Waals surface area (Å²) in [6.45, 7) is 0.931. The second-order valence-electron chi connectivity index (χ2n) is 5.20. The molecule has 0 radical (unpaired) electrons. The molecule has 0 aliphatic carbocycles. The van der Waals surface area contributed by atoms with Crippen molar-refractivity contribution in [3.63, 3.8) is 0 Å². The Morgan fingerprint density at radius 2 is 1.86 bits per heavy atom. The number of anilines is 1. The first-order chi connectivity index (χ1) is 10.5. The summed E-state index contributed by atoms with van der Waals surface area (Å²) in [6.07, 6.45) is 0.876. The zero-order chi connectivity index (χ0) is 16.0. The van der Waals surface area contributed by atoms with Gasteiger partial charge in [-0.3, -0.25) is 9.59 Å². The van der Waals surface area contributed by atoms with E-state index >= 15 is 0 Å². The van der Waals surface area contributed by atoms with Crippen LogP contribution in [0.15, 0.2) is 24.3 Å². The molecule has 7 nitrogen and oxygen atoms in total. The maximum atomic E-state index is 11.8. The molecule has 3 N–H and O–H groups in total. The van der Waals surface area contributed by atoms with E-state index in [4.69, 9.17) is 9.47 Å². The zero-order valence-corrected chi connectivity index (χ0v) is 12.4. The van der Waals surface area contributed by atoms with Gasteiger partial charge in [0.25, 0.3) is 0 Å². The molecule has 120 valence electrons. The molecule has 1 fully saturated rings. The summed E-state index contributed by atoms with van der Waals surface area (Å²) in [7, 11) is 1.54. The van der Waals surface area contributed by atoms with Crippen molar-refractivity contribution in [3.8, 4) is 5.75 Å². The summed E-state index contributed by atoms with van der Waals surface area (Å²) in [5.74, 6) is -0.902. The highest BCUT2D eigenvalue weighted by Crippen LogP contribution is 2.19. The molecule has 2 amide bonds. The summed E-state index contributed by atoms with van der Waals surface area (Å²) < 4.78 is 10.2. The number of benzene rings is 1. The Morgan fingerprint density at radius 1 is 1.23 bits per heavy atom. The summed E-state index contributed by atoms with van der Waals surface area (Å²) in [6, 6.07) is 6.63. The lowest BCUT2D eigenvalue weighted by atomic mass is 9.94. The molecule has 1 saturated heterocycles. The van der Waals surface area contributed by atoms with Crippen LogP contribution in [0.25, 0.3) is 0 Å². The summed E-state index contributed by atoms with van der Waals surface area (Å²) in [5, 5.41) is 15.1. The number of amides is 2. The molecule has 22 heavy (non-hydrogen) atoms. The maximum absolute atomic E-state index is 11.8. The van der Waals surface area contributed by atoms with Gasteiger partial charge in [0, 0.05) is 38.3 Å². The van der Waals surface area contributed by atoms with Crippen molar-refractivity contribution in [2.75, 3.05) is 32.2 Å². The molecule has 0 saturated carbocycles. The van der Waals surface area contributed by atoms with Gasteiger partial charge in [-0.2, -0.15) is 0 Å². The Kier molecular flexibility index (Phi) is 5.35. The number of carbonyl (C=O) groups is 2. The third kappa shape index (κ3) is 4.44. The van der Waals surface area contributed by atoms with Crippen molar-refractivity contribution >= 4 is 17.5 Å². The van der Waals surface area contributed by atoms with Crippen LogP contribution in [0.3, 0.4) is 0 Å². The van der Waals surface area contributed by atoms with Crippen LogP contribution in [0.1, 0.15) is 12.8 Å². The van der Waals surface area contributed by atoms with Gasteiger partial charge in [0.2, 0.25) is 0 Å². The number of carbonyl (C=O) groups excluding carboxylic acids is 2. The fraction of sp³-hybridized carbons (Fsp3) is 0.467. The van der Waals surface area contributed by atoms with E-state index in [-0.39, 0.29) is 6.54 Å². The van der Waals surface area contributed by atoms with Crippen LogP contribution < -0.4 is 15.4 Å². The molecule has 0 spiro atoms. The minimum Gasteiger partial charge on any atom is -0.497 e. The minimum absolute atomic E-state index is 0.0330. The number of hydrogen-bond donors (Lipinski definition) is 3. The minimum atomic E-state index is -1.01. The number of rotatable bonds is 4. The first kappa shape index (κ1) is 16.3. The zero-order valence-electron chi connectivity index (χ0n) is 12.4. The van der Waals surface area contributed by atoms with E-state index in [0.717, 1.165) is 0 Å². The van der Waals surface area contributed by atoms with Crippen molar-refractivity contribution in [2.45, 2.75) is 18.4 Å². The topological polar surface area (TPSA) is 96.9 Å². The predicted molar refractivity (Wildman–Crippen MR) is 79.6 cm³/mol. The lowest BCUT2D eigenvalue weighted by Gasteiger charge is -2.31. The van der Waals surface area contributed by atoms with Gasteiger partial charge in [0.05, 0.1) is 12.7 Å². The van der Waals surface area contributed by atoms with Gasteiger partial charge < -0.3 is 25.2 Å². The highest BCUT2D eigenvalue weighted by atomic mass is 16.5. The molecule has 0 atom stereocenters. The molecule has 1 heterocycles. The summed E-state index contributed by atoms with van der Waals surface area (Å²) >= 11 is 0. The molecule has 1 aliphatic heterocycles. The van der Waals surface area contributed by atoms with Crippen LogP contribution in [0.4, 0.5) is 5.69 Å². The van der Waals surface area contributed by atoms with Gasteiger partial charge in [-0.05, 0) is 24.3 Å². The monoisotopic (exact) mass is 308 g/mol. The summed E-state index contributed by atoms with van der Waals surface area (Å²) in [5.41, 5.74) is -0.514. The standard InChI is InChI=1S/C15H20N2O5/c1-21-12-4-2-11(3-5-12)17-14(19)13(18)16-10-15(20)6-8-22-9-7-15/h2-5,20H,6-10H2,1H3,(H,16,18)(H,17,19). The third-order valence-corrected chi connectivity index (χ3v) is 3.56. The number of hydrogen-bond acceptors (Lipinski definition) is 5. The predicted octanol–water partition coefficient (Wildman–Crippen LogP) is 0.291. The third-order valence-electron chi connectivity index (χ3n) is 3.56. The first-order valence-corrected chi connectivity index (χ1v) is 7.06. The highest BCUT2D eigenvalue weighted by molar-refractivity contribution is 6.39. The van der Waals surface area contributed by atoms with E-state index < -0.39 is 17.4 Å². The molecule has 1 aliphatic rings. The highest BCUT2D eigenvalue weighted by Gasteiger charge is 2.30. The van der Waals surface area contributed by atoms with Crippen LogP contribution in [0, 0.1) is 0 Å². The Bertz CT molecular complexity index is 523. The Balaban J connectivity index is 1.82. The smallest absolute Gasteiger partial charge is 0.313 e. The second kappa shape index (κ2) is 7.24. The Morgan fingerprint density at radius 3 is 2.45 bits per heavy atom. The van der Waals surface area contributed by atoms with Gasteiger partial charge in [-0.25, -0.2) is 0 Å². The van der Waals surface area contributed by atoms with Crippen molar-refractivity contribution in [2.24, 2.45) is 0 Å². The lowest BCUT2D eigenvalue weighted by molar-refractivity contribution is -0.137. The van der Waals surface area contributed by atoms with Gasteiger partial charge in [-0.1, -0.05) is 0 Å². The van der Waals surface area contributed by atoms with E-state index in [1.807, 2.05) is 0 Å². The number of methoxy groups -OCH3 is 1. The number of aliphatic hydroxyl groups is 1. The van der Waals surface area contributed by atoms with Crippen LogP contribution in [0.5, 0.6) is 5.75 Å². The molecule has 0 bridgehead atoms. The van der Waals surface area contributed by atoms with Crippen molar-refractivity contribution in [1.29, 1.82) is 0 Å². The van der Waals surface area contributed by atoms with E-state index in [9.17, 15) is 14.7 Å². The van der Waals surface area contributed by atoms with Crippen molar-refractivity contribution in [3.05, 3.63) is 24.3 Å². The van der Waals surface area contributed by atoms with Crippen LogP contribution in [-0.4, -0.2) is 49.4 Å². The average molecular weight is 308 g/mol. The molecular formula is C15H20N2O5. The summed E-state index contributed by atoms with van der Waals surface area (Å²) in [4.78, 5) is 23.5. The van der Waals surface area contributed by atoms with Crippen LogP contribution >= 0.6 is 0 Å².